The van der Waals surface area contributed by atoms with Crippen LogP contribution in [0.25, 0.3) is 0 Å². The molecule has 2 heterocycles. The maximum absolute atomic E-state index is 11.8. The molecule has 1 aliphatic carbocycles. The third kappa shape index (κ3) is 1.89. The van der Waals surface area contributed by atoms with Crippen molar-refractivity contribution >= 4 is 0 Å². The molecule has 0 amide bonds. The van der Waals surface area contributed by atoms with Crippen LogP contribution >= 0.6 is 0 Å². The van der Waals surface area contributed by atoms with Crippen molar-refractivity contribution in [3.8, 4) is 0 Å². The van der Waals surface area contributed by atoms with E-state index in [4.69, 9.17) is 0 Å². The number of aromatic amines is 1. The molecule has 3 rings (SSSR count). The standard InChI is InChI=1S/C12H17N3O/c1-8-13-11-4-5-15(6-9-2-3-9)7-10(11)12(16)14-8/h9H,2-7H2,1H3,(H,13,14,16). The van der Waals surface area contributed by atoms with Gasteiger partial charge in [-0.15, -0.1) is 0 Å². The molecule has 16 heavy (non-hydrogen) atoms. The van der Waals surface area contributed by atoms with Gasteiger partial charge in [0, 0.05) is 26.1 Å². The molecule has 0 aromatic carbocycles. The second-order valence-electron chi connectivity index (χ2n) is 5.01. The highest BCUT2D eigenvalue weighted by Gasteiger charge is 2.27. The number of nitrogens with one attached hydrogen (secondary N) is 1. The van der Waals surface area contributed by atoms with Crippen LogP contribution in [0, 0.1) is 12.8 Å². The topological polar surface area (TPSA) is 49.0 Å². The molecule has 4 nitrogen and oxygen atoms in total. The fourth-order valence-electron chi connectivity index (χ4n) is 2.43. The lowest BCUT2D eigenvalue weighted by molar-refractivity contribution is 0.240. The Morgan fingerprint density at radius 3 is 3.06 bits per heavy atom. The first-order valence-corrected chi connectivity index (χ1v) is 6.03. The van der Waals surface area contributed by atoms with Gasteiger partial charge >= 0.3 is 0 Å². The van der Waals surface area contributed by atoms with Gasteiger partial charge < -0.3 is 4.98 Å². The number of H-pyrrole nitrogens is 1. The summed E-state index contributed by atoms with van der Waals surface area (Å²) in [6.07, 6.45) is 3.66. The van der Waals surface area contributed by atoms with Gasteiger partial charge in [-0.2, -0.15) is 0 Å². The Bertz CT molecular complexity index is 462. The van der Waals surface area contributed by atoms with Gasteiger partial charge in [0.15, 0.2) is 0 Å². The molecule has 86 valence electrons. The number of aromatic nitrogens is 2. The smallest absolute Gasteiger partial charge is 0.255 e. The lowest BCUT2D eigenvalue weighted by Gasteiger charge is -2.27. The monoisotopic (exact) mass is 219 g/mol. The van der Waals surface area contributed by atoms with Gasteiger partial charge in [-0.3, -0.25) is 9.69 Å². The van der Waals surface area contributed by atoms with Gasteiger partial charge in [0.25, 0.3) is 5.56 Å². The molecule has 1 fully saturated rings. The third-order valence-corrected chi connectivity index (χ3v) is 3.48. The quantitative estimate of drug-likeness (QED) is 0.802. The second-order valence-corrected chi connectivity index (χ2v) is 5.01. The summed E-state index contributed by atoms with van der Waals surface area (Å²) in [5.74, 6) is 1.62. The number of nitrogens with zero attached hydrogens (tertiary/aromatic N) is 2. The van der Waals surface area contributed by atoms with Gasteiger partial charge in [-0.25, -0.2) is 4.98 Å². The fraction of sp³-hybridized carbons (Fsp3) is 0.667. The fourth-order valence-corrected chi connectivity index (χ4v) is 2.43. The Hall–Kier alpha value is -1.16. The normalized spacial score (nSPS) is 20.8. The maximum Gasteiger partial charge on any atom is 0.255 e. The van der Waals surface area contributed by atoms with Crippen LogP contribution in [0.15, 0.2) is 4.79 Å². The van der Waals surface area contributed by atoms with Gasteiger partial charge in [-0.05, 0) is 25.7 Å². The minimum absolute atomic E-state index is 0.0583. The van der Waals surface area contributed by atoms with Crippen molar-refractivity contribution < 1.29 is 0 Å². The van der Waals surface area contributed by atoms with E-state index in [9.17, 15) is 4.79 Å². The number of hydrogen-bond acceptors (Lipinski definition) is 3. The summed E-state index contributed by atoms with van der Waals surface area (Å²) in [6, 6.07) is 0. The molecule has 0 bridgehead atoms. The first-order valence-electron chi connectivity index (χ1n) is 6.03. The summed E-state index contributed by atoms with van der Waals surface area (Å²) >= 11 is 0. The molecule has 4 heteroatoms. The lowest BCUT2D eigenvalue weighted by Crippen LogP contribution is -2.37. The molecule has 0 radical (unpaired) electrons. The second kappa shape index (κ2) is 3.70. The maximum atomic E-state index is 11.8. The molecular formula is C12H17N3O. The first-order chi connectivity index (χ1) is 7.72. The van der Waals surface area contributed by atoms with Crippen molar-refractivity contribution in [2.75, 3.05) is 13.1 Å². The Labute approximate surface area is 94.7 Å². The number of hydrogen-bond donors (Lipinski definition) is 1. The Morgan fingerprint density at radius 1 is 1.50 bits per heavy atom. The average molecular weight is 219 g/mol. The highest BCUT2D eigenvalue weighted by atomic mass is 16.1. The highest BCUT2D eigenvalue weighted by molar-refractivity contribution is 5.20. The lowest BCUT2D eigenvalue weighted by atomic mass is 10.1. The summed E-state index contributed by atoms with van der Waals surface area (Å²) in [5.41, 5.74) is 1.95. The van der Waals surface area contributed by atoms with E-state index in [1.165, 1.54) is 12.8 Å². The van der Waals surface area contributed by atoms with E-state index >= 15 is 0 Å². The number of aryl methyl sites for hydroxylation is 1. The van der Waals surface area contributed by atoms with Crippen molar-refractivity contribution in [2.45, 2.75) is 32.7 Å². The molecule has 0 atom stereocenters. The molecule has 0 unspecified atom stereocenters. The zero-order chi connectivity index (χ0) is 11.1. The first kappa shape index (κ1) is 10.0. The molecule has 1 N–H and O–H groups in total. The van der Waals surface area contributed by atoms with Crippen LogP contribution in [0.2, 0.25) is 0 Å². The van der Waals surface area contributed by atoms with Crippen LogP contribution in [0.3, 0.4) is 0 Å². The van der Waals surface area contributed by atoms with Crippen LogP contribution in [0.1, 0.15) is 29.9 Å². The van der Waals surface area contributed by atoms with E-state index in [-0.39, 0.29) is 5.56 Å². The van der Waals surface area contributed by atoms with Crippen molar-refractivity contribution in [1.29, 1.82) is 0 Å². The molecule has 1 aromatic heterocycles. The molecule has 1 aliphatic heterocycles. The van der Waals surface area contributed by atoms with Gasteiger partial charge in [0.05, 0.1) is 11.3 Å². The largest absolute Gasteiger partial charge is 0.310 e. The average Bonchev–Trinajstić information content (AvgIpc) is 3.03. The van der Waals surface area contributed by atoms with E-state index < -0.39 is 0 Å². The van der Waals surface area contributed by atoms with E-state index in [0.717, 1.165) is 49.1 Å². The predicted octanol–water partition coefficient (Wildman–Crippen LogP) is 0.846. The Balaban J connectivity index is 1.84. The summed E-state index contributed by atoms with van der Waals surface area (Å²) < 4.78 is 0. The van der Waals surface area contributed by atoms with Crippen LogP contribution in [0.4, 0.5) is 0 Å². The zero-order valence-electron chi connectivity index (χ0n) is 9.62. The van der Waals surface area contributed by atoms with E-state index in [1.807, 2.05) is 6.92 Å². The van der Waals surface area contributed by atoms with Crippen LogP contribution in [-0.4, -0.2) is 28.0 Å². The number of rotatable bonds is 2. The summed E-state index contributed by atoms with van der Waals surface area (Å²) in [6.45, 7) is 4.85. The molecule has 0 spiro atoms. The SMILES string of the molecule is Cc1nc2c(c(=O)[nH]1)CN(CC1CC1)CC2. The van der Waals surface area contributed by atoms with Gasteiger partial charge in [-0.1, -0.05) is 0 Å². The third-order valence-electron chi connectivity index (χ3n) is 3.48. The van der Waals surface area contributed by atoms with Crippen LogP contribution in [-0.2, 0) is 13.0 Å². The molecule has 1 aromatic rings. The van der Waals surface area contributed by atoms with Crippen molar-refractivity contribution in [3.63, 3.8) is 0 Å². The highest BCUT2D eigenvalue weighted by Crippen LogP contribution is 2.30. The van der Waals surface area contributed by atoms with Gasteiger partial charge in [0.2, 0.25) is 0 Å². The summed E-state index contributed by atoms with van der Waals surface area (Å²) in [7, 11) is 0. The van der Waals surface area contributed by atoms with E-state index in [2.05, 4.69) is 14.9 Å². The van der Waals surface area contributed by atoms with Crippen molar-refractivity contribution in [2.24, 2.45) is 5.92 Å². The Morgan fingerprint density at radius 2 is 2.31 bits per heavy atom. The molecule has 1 saturated carbocycles. The summed E-state index contributed by atoms with van der Waals surface area (Å²) in [4.78, 5) is 21.4. The van der Waals surface area contributed by atoms with Gasteiger partial charge in [0.1, 0.15) is 5.82 Å². The molecule has 0 saturated heterocycles. The Kier molecular flexibility index (Phi) is 2.32. The summed E-state index contributed by atoms with van der Waals surface area (Å²) in [5, 5.41) is 0. The van der Waals surface area contributed by atoms with E-state index in [0.29, 0.717) is 0 Å². The van der Waals surface area contributed by atoms with Crippen molar-refractivity contribution in [1.82, 2.24) is 14.9 Å². The minimum Gasteiger partial charge on any atom is -0.310 e. The van der Waals surface area contributed by atoms with Crippen LogP contribution in [0.5, 0.6) is 0 Å². The van der Waals surface area contributed by atoms with E-state index in [1.54, 1.807) is 0 Å². The molecular weight excluding hydrogens is 202 g/mol. The number of fused-ring (bicyclic) bond motifs is 1. The molecule has 2 aliphatic rings. The predicted molar refractivity (Wildman–Crippen MR) is 61.3 cm³/mol. The zero-order valence-corrected chi connectivity index (χ0v) is 9.62. The van der Waals surface area contributed by atoms with Crippen molar-refractivity contribution in [3.05, 3.63) is 27.4 Å². The van der Waals surface area contributed by atoms with Crippen LogP contribution < -0.4 is 5.56 Å². The minimum atomic E-state index is 0.0583.